The van der Waals surface area contributed by atoms with Gasteiger partial charge in [0.25, 0.3) is 0 Å². The average molecular weight is 407 g/mol. The van der Waals surface area contributed by atoms with Crippen molar-refractivity contribution in [3.05, 3.63) is 41.0 Å². The van der Waals surface area contributed by atoms with Crippen LogP contribution in [0, 0.1) is 5.41 Å². The molecule has 21 heavy (non-hydrogen) atoms. The standard InChI is InChI=1S/C10H15.C8H11.2ClH.Zr/c1-7-6-10(4,5)9(3)8(7)2;1-2-5-8-6-3-4-7-8;;;/h1-5H3;3,6H,2,4-5H2,1H3;2*1H;. The Morgan fingerprint density at radius 3 is 2.19 bits per heavy atom. The van der Waals surface area contributed by atoms with Crippen molar-refractivity contribution in [2.24, 2.45) is 5.41 Å². The molecular formula is C18H28Cl2Zr. The van der Waals surface area contributed by atoms with Gasteiger partial charge in [-0.1, -0.05) is 0 Å². The monoisotopic (exact) mass is 404 g/mol. The minimum absolute atomic E-state index is 0. The maximum Gasteiger partial charge on any atom is -0.147 e. The van der Waals surface area contributed by atoms with Gasteiger partial charge in [-0.2, -0.15) is 0 Å². The van der Waals surface area contributed by atoms with Gasteiger partial charge < -0.3 is 0 Å². The van der Waals surface area contributed by atoms with Gasteiger partial charge in [0.05, 0.1) is 0 Å². The summed E-state index contributed by atoms with van der Waals surface area (Å²) in [6.07, 6.45) is 8.58. The molecule has 0 amide bonds. The van der Waals surface area contributed by atoms with E-state index in [1.54, 1.807) is 22.3 Å². The summed E-state index contributed by atoms with van der Waals surface area (Å²) in [7, 11) is 0. The van der Waals surface area contributed by atoms with Gasteiger partial charge in [-0.3, -0.25) is 0 Å². The largest absolute Gasteiger partial charge is 0.147 e. The van der Waals surface area contributed by atoms with Crippen LogP contribution in [-0.2, 0) is 23.2 Å². The Bertz CT molecular complexity index is 519. The summed E-state index contributed by atoms with van der Waals surface area (Å²) in [6.45, 7) is 14.2. The molecule has 118 valence electrons. The van der Waals surface area contributed by atoms with Crippen molar-refractivity contribution in [1.82, 2.24) is 0 Å². The van der Waals surface area contributed by atoms with Crippen molar-refractivity contribution in [2.75, 3.05) is 0 Å². The van der Waals surface area contributed by atoms with Crippen molar-refractivity contribution in [3.63, 3.8) is 0 Å². The van der Waals surface area contributed by atoms with E-state index in [9.17, 15) is 0 Å². The van der Waals surface area contributed by atoms with Crippen LogP contribution in [0.2, 0.25) is 0 Å². The van der Waals surface area contributed by atoms with Crippen LogP contribution < -0.4 is 0 Å². The number of hydrogen-bond acceptors (Lipinski definition) is 0. The zero-order chi connectivity index (χ0) is 14.2. The molecule has 3 heteroatoms. The van der Waals surface area contributed by atoms with Gasteiger partial charge >= 0.3 is 130 Å². The van der Waals surface area contributed by atoms with Crippen molar-refractivity contribution in [1.29, 1.82) is 0 Å². The first kappa shape index (κ1) is 21.4. The van der Waals surface area contributed by atoms with Gasteiger partial charge in [0.15, 0.2) is 0 Å². The van der Waals surface area contributed by atoms with Gasteiger partial charge in [0.1, 0.15) is 0 Å². The summed E-state index contributed by atoms with van der Waals surface area (Å²) in [5.74, 6) is 0. The summed E-state index contributed by atoms with van der Waals surface area (Å²) < 4.78 is 3.65. The van der Waals surface area contributed by atoms with Crippen molar-refractivity contribution in [3.8, 4) is 0 Å². The van der Waals surface area contributed by atoms with Crippen LogP contribution in [0.25, 0.3) is 0 Å². The van der Waals surface area contributed by atoms with Crippen molar-refractivity contribution in [2.45, 2.75) is 60.8 Å². The van der Waals surface area contributed by atoms with E-state index >= 15 is 0 Å². The molecule has 2 rings (SSSR count). The molecule has 0 N–H and O–H groups in total. The van der Waals surface area contributed by atoms with Crippen molar-refractivity contribution < 1.29 is 23.2 Å². The van der Waals surface area contributed by atoms with E-state index in [4.69, 9.17) is 0 Å². The molecule has 0 radical (unpaired) electrons. The molecule has 0 aliphatic heterocycles. The first-order valence-electron chi connectivity index (χ1n) is 7.44. The fourth-order valence-electron chi connectivity index (χ4n) is 3.18. The van der Waals surface area contributed by atoms with E-state index in [1.165, 1.54) is 19.3 Å². The van der Waals surface area contributed by atoms with E-state index in [2.05, 4.69) is 53.7 Å². The van der Waals surface area contributed by atoms with Crippen LogP contribution in [0.1, 0.15) is 60.8 Å². The zero-order valence-corrected chi connectivity index (χ0v) is 18.2. The molecule has 0 unspecified atom stereocenters. The molecule has 0 spiro atoms. The summed E-state index contributed by atoms with van der Waals surface area (Å²) in [5, 5.41) is 0. The smallest absolute Gasteiger partial charge is 0.147 e. The third-order valence-electron chi connectivity index (χ3n) is 4.89. The molecule has 0 aromatic heterocycles. The first-order valence-corrected chi connectivity index (χ1v) is 9.90. The minimum atomic E-state index is -0.586. The Morgan fingerprint density at radius 1 is 1.10 bits per heavy atom. The fourth-order valence-corrected chi connectivity index (χ4v) is 7.52. The molecule has 2 aliphatic carbocycles. The quantitative estimate of drug-likeness (QED) is 0.495. The Labute approximate surface area is 154 Å². The second kappa shape index (κ2) is 8.32. The number of halogens is 2. The van der Waals surface area contributed by atoms with E-state index in [0.717, 1.165) is 0 Å². The number of rotatable bonds is 4. The summed E-state index contributed by atoms with van der Waals surface area (Å²) in [5.41, 5.74) is 6.78. The maximum absolute atomic E-state index is 2.43. The Balaban J connectivity index is 0.00000200. The van der Waals surface area contributed by atoms with E-state index < -0.39 is 23.2 Å². The molecule has 0 aromatic rings. The third kappa shape index (κ3) is 4.04. The van der Waals surface area contributed by atoms with Gasteiger partial charge in [0.2, 0.25) is 0 Å². The molecule has 0 saturated carbocycles. The van der Waals surface area contributed by atoms with Crippen LogP contribution in [0.4, 0.5) is 0 Å². The van der Waals surface area contributed by atoms with E-state index in [0.29, 0.717) is 5.41 Å². The van der Waals surface area contributed by atoms with Gasteiger partial charge in [-0.25, -0.2) is 0 Å². The predicted molar refractivity (Wildman–Crippen MR) is 95.0 cm³/mol. The van der Waals surface area contributed by atoms with E-state index in [1.807, 2.05) is 6.56 Å². The molecule has 0 aromatic carbocycles. The van der Waals surface area contributed by atoms with Crippen LogP contribution in [0.3, 0.4) is 0 Å². The minimum Gasteiger partial charge on any atom is -0.147 e. The third-order valence-corrected chi connectivity index (χ3v) is 9.99. The molecule has 0 nitrogen and oxygen atoms in total. The normalized spacial score (nSPS) is 19.9. The molecular weight excluding hydrogens is 378 g/mol. The number of hydrogen-bond donors (Lipinski definition) is 0. The summed E-state index contributed by atoms with van der Waals surface area (Å²) in [6, 6.07) is 0. The van der Waals surface area contributed by atoms with Gasteiger partial charge in [-0.15, -0.1) is 24.8 Å². The molecule has 2 aliphatic rings. The summed E-state index contributed by atoms with van der Waals surface area (Å²) >= 11 is -0.586. The van der Waals surface area contributed by atoms with Crippen LogP contribution >= 0.6 is 24.8 Å². The molecule has 0 heterocycles. The topological polar surface area (TPSA) is 0 Å². The average Bonchev–Trinajstić information content (AvgIpc) is 2.85. The Morgan fingerprint density at radius 2 is 1.71 bits per heavy atom. The predicted octanol–water partition coefficient (Wildman–Crippen LogP) is 6.58. The second-order valence-corrected chi connectivity index (χ2v) is 9.69. The van der Waals surface area contributed by atoms with Gasteiger partial charge in [-0.05, 0) is 0 Å². The van der Waals surface area contributed by atoms with Crippen LogP contribution in [-0.4, -0.2) is 0 Å². The molecule has 0 atom stereocenters. The molecule has 0 bridgehead atoms. The Hall–Kier alpha value is 0.423. The molecule has 0 saturated heterocycles. The van der Waals surface area contributed by atoms with Crippen LogP contribution in [0.15, 0.2) is 41.0 Å². The SMILES string of the molecule is CCCC1=[C]([Zr][C]2=C(C)C(C)=C(C)C2(C)C)CC=C1.Cl.Cl. The Kier molecular flexibility index (Phi) is 8.49. The van der Waals surface area contributed by atoms with Crippen molar-refractivity contribution >= 4 is 24.8 Å². The fraction of sp³-hybridized carbons (Fsp3) is 0.556. The van der Waals surface area contributed by atoms with Crippen LogP contribution in [0.5, 0.6) is 0 Å². The van der Waals surface area contributed by atoms with E-state index in [-0.39, 0.29) is 24.8 Å². The summed E-state index contributed by atoms with van der Waals surface area (Å²) in [4.78, 5) is 0. The zero-order valence-electron chi connectivity index (χ0n) is 14.1. The maximum atomic E-state index is 2.43. The molecule has 0 fully saturated rings. The second-order valence-electron chi connectivity index (χ2n) is 6.36. The number of allylic oxidation sites excluding steroid dienone is 8. The first-order chi connectivity index (χ1) is 8.89. The van der Waals surface area contributed by atoms with Gasteiger partial charge in [0, 0.05) is 0 Å².